The van der Waals surface area contributed by atoms with Gasteiger partial charge in [0.1, 0.15) is 5.75 Å². The van der Waals surface area contributed by atoms with Gasteiger partial charge in [0.15, 0.2) is 0 Å². The molecule has 3 heteroatoms. The van der Waals surface area contributed by atoms with Crippen LogP contribution in [-0.4, -0.2) is 19.0 Å². The molecule has 0 saturated carbocycles. The Morgan fingerprint density at radius 1 is 1.36 bits per heavy atom. The van der Waals surface area contributed by atoms with Gasteiger partial charge in [0, 0.05) is 18.5 Å². The highest BCUT2D eigenvalue weighted by atomic mass is 35.5. The number of rotatable bonds is 5. The van der Waals surface area contributed by atoms with Gasteiger partial charge >= 0.3 is 0 Å². The van der Waals surface area contributed by atoms with Crippen LogP contribution in [0.5, 0.6) is 5.75 Å². The van der Waals surface area contributed by atoms with Crippen LogP contribution in [0.4, 0.5) is 0 Å². The third-order valence-corrected chi connectivity index (χ3v) is 2.51. The number of hydrogen-bond acceptors (Lipinski definition) is 2. The van der Waals surface area contributed by atoms with Crippen molar-refractivity contribution in [3.8, 4) is 5.75 Å². The van der Waals surface area contributed by atoms with Crippen LogP contribution in [0.2, 0.25) is 0 Å². The third kappa shape index (κ3) is 3.56. The fraction of sp³-hybridized carbons (Fsp3) is 0.455. The normalized spacial score (nSPS) is 12.5. The summed E-state index contributed by atoms with van der Waals surface area (Å²) < 4.78 is 5.07. The Morgan fingerprint density at radius 2 is 2.00 bits per heavy atom. The largest absolute Gasteiger partial charge is 0.497 e. The fourth-order valence-electron chi connectivity index (χ4n) is 1.09. The zero-order valence-electron chi connectivity index (χ0n) is 8.59. The van der Waals surface area contributed by atoms with Crippen LogP contribution in [0.1, 0.15) is 12.5 Å². The lowest BCUT2D eigenvalue weighted by Crippen LogP contribution is -2.26. The number of halogens is 1. The molecule has 14 heavy (non-hydrogen) atoms. The maximum atomic E-state index is 5.68. The van der Waals surface area contributed by atoms with Gasteiger partial charge in [-0.3, -0.25) is 0 Å². The Kier molecular flexibility index (Phi) is 4.77. The van der Waals surface area contributed by atoms with Gasteiger partial charge in [-0.05, 0) is 24.6 Å². The van der Waals surface area contributed by atoms with E-state index in [1.54, 1.807) is 7.11 Å². The zero-order chi connectivity index (χ0) is 10.4. The highest BCUT2D eigenvalue weighted by molar-refractivity contribution is 6.18. The average molecular weight is 214 g/mol. The van der Waals surface area contributed by atoms with Crippen LogP contribution in [0.15, 0.2) is 24.3 Å². The summed E-state index contributed by atoms with van der Waals surface area (Å²) in [5, 5.41) is 3.31. The Balaban J connectivity index is 2.43. The highest BCUT2D eigenvalue weighted by Crippen LogP contribution is 2.11. The first-order valence-electron chi connectivity index (χ1n) is 4.68. The van der Waals surface area contributed by atoms with Gasteiger partial charge < -0.3 is 10.1 Å². The summed E-state index contributed by atoms with van der Waals surface area (Å²) in [7, 11) is 1.67. The second-order valence-corrected chi connectivity index (χ2v) is 3.59. The van der Waals surface area contributed by atoms with Crippen molar-refractivity contribution in [2.24, 2.45) is 0 Å². The lowest BCUT2D eigenvalue weighted by molar-refractivity contribution is 0.414. The molecular formula is C11H16ClNO. The van der Waals surface area contributed by atoms with Gasteiger partial charge in [-0.15, -0.1) is 11.6 Å². The molecule has 0 fully saturated rings. The smallest absolute Gasteiger partial charge is 0.118 e. The van der Waals surface area contributed by atoms with Gasteiger partial charge in [0.2, 0.25) is 0 Å². The standard InChI is InChI=1S/C11H16ClNO/c1-9(7-12)13-8-10-3-5-11(14-2)6-4-10/h3-6,9,13H,7-8H2,1-2H3. The Bertz CT molecular complexity index is 260. The maximum absolute atomic E-state index is 5.68. The second-order valence-electron chi connectivity index (χ2n) is 3.28. The quantitative estimate of drug-likeness (QED) is 0.759. The van der Waals surface area contributed by atoms with E-state index in [2.05, 4.69) is 12.2 Å². The van der Waals surface area contributed by atoms with E-state index in [-0.39, 0.29) is 0 Å². The molecule has 1 aromatic carbocycles. The first-order chi connectivity index (χ1) is 6.76. The van der Waals surface area contributed by atoms with Crippen molar-refractivity contribution in [2.45, 2.75) is 19.5 Å². The van der Waals surface area contributed by atoms with Gasteiger partial charge in [0.25, 0.3) is 0 Å². The summed E-state index contributed by atoms with van der Waals surface area (Å²) in [6, 6.07) is 8.36. The minimum atomic E-state index is 0.346. The molecule has 78 valence electrons. The summed E-state index contributed by atoms with van der Waals surface area (Å²) in [6.45, 7) is 2.91. The van der Waals surface area contributed by atoms with Crippen LogP contribution in [0.3, 0.4) is 0 Å². The number of alkyl halides is 1. The van der Waals surface area contributed by atoms with Crippen molar-refractivity contribution in [3.63, 3.8) is 0 Å². The van der Waals surface area contributed by atoms with E-state index in [9.17, 15) is 0 Å². The van der Waals surface area contributed by atoms with Gasteiger partial charge in [-0.2, -0.15) is 0 Å². The van der Waals surface area contributed by atoms with E-state index < -0.39 is 0 Å². The molecule has 0 amide bonds. The van der Waals surface area contributed by atoms with Crippen LogP contribution in [-0.2, 0) is 6.54 Å². The van der Waals surface area contributed by atoms with Crippen LogP contribution in [0, 0.1) is 0 Å². The number of benzene rings is 1. The van der Waals surface area contributed by atoms with Crippen molar-refractivity contribution in [3.05, 3.63) is 29.8 Å². The topological polar surface area (TPSA) is 21.3 Å². The Labute approximate surface area is 90.2 Å². The second kappa shape index (κ2) is 5.89. The van der Waals surface area contributed by atoms with Crippen LogP contribution in [0.25, 0.3) is 0 Å². The van der Waals surface area contributed by atoms with Crippen molar-refractivity contribution in [1.29, 1.82) is 0 Å². The number of ether oxygens (including phenoxy) is 1. The molecule has 1 aromatic rings. The van der Waals surface area contributed by atoms with E-state index in [0.717, 1.165) is 12.3 Å². The molecule has 0 aliphatic rings. The third-order valence-electron chi connectivity index (χ3n) is 2.05. The van der Waals surface area contributed by atoms with Crippen LogP contribution < -0.4 is 10.1 Å². The molecule has 2 nitrogen and oxygen atoms in total. The SMILES string of the molecule is COc1ccc(CNC(C)CCl)cc1. The van der Waals surface area contributed by atoms with Gasteiger partial charge in [0.05, 0.1) is 7.11 Å². The lowest BCUT2D eigenvalue weighted by atomic mass is 10.2. The van der Waals surface area contributed by atoms with Crippen LogP contribution >= 0.6 is 11.6 Å². The van der Waals surface area contributed by atoms with Gasteiger partial charge in [-0.25, -0.2) is 0 Å². The predicted molar refractivity (Wildman–Crippen MR) is 60.0 cm³/mol. The summed E-state index contributed by atoms with van der Waals surface area (Å²) in [5.74, 6) is 1.52. The maximum Gasteiger partial charge on any atom is 0.118 e. The predicted octanol–water partition coefficient (Wildman–Crippen LogP) is 2.41. The summed E-state index contributed by atoms with van der Waals surface area (Å²) in [6.07, 6.45) is 0. The van der Waals surface area contributed by atoms with Gasteiger partial charge in [-0.1, -0.05) is 12.1 Å². The van der Waals surface area contributed by atoms with E-state index in [4.69, 9.17) is 16.3 Å². The Hall–Kier alpha value is -0.730. The van der Waals surface area contributed by atoms with Crippen molar-refractivity contribution < 1.29 is 4.74 Å². The summed E-state index contributed by atoms with van der Waals surface area (Å²) in [4.78, 5) is 0. The molecule has 0 aromatic heterocycles. The monoisotopic (exact) mass is 213 g/mol. The molecule has 0 aliphatic carbocycles. The first kappa shape index (κ1) is 11.3. The molecule has 1 rings (SSSR count). The molecule has 0 saturated heterocycles. The van der Waals surface area contributed by atoms with E-state index in [1.165, 1.54) is 5.56 Å². The molecule has 0 bridgehead atoms. The molecule has 0 heterocycles. The first-order valence-corrected chi connectivity index (χ1v) is 5.22. The summed E-state index contributed by atoms with van der Waals surface area (Å²) in [5.41, 5.74) is 1.24. The average Bonchev–Trinajstić information content (AvgIpc) is 2.26. The minimum absolute atomic E-state index is 0.346. The zero-order valence-corrected chi connectivity index (χ0v) is 9.34. The molecule has 1 atom stereocenters. The van der Waals surface area contributed by atoms with E-state index >= 15 is 0 Å². The molecule has 0 aliphatic heterocycles. The highest BCUT2D eigenvalue weighted by Gasteiger charge is 1.99. The van der Waals surface area contributed by atoms with Crippen molar-refractivity contribution in [2.75, 3.05) is 13.0 Å². The molecule has 1 unspecified atom stereocenters. The molecule has 1 N–H and O–H groups in total. The van der Waals surface area contributed by atoms with E-state index in [1.807, 2.05) is 24.3 Å². The number of hydrogen-bond donors (Lipinski definition) is 1. The molecule has 0 spiro atoms. The summed E-state index contributed by atoms with van der Waals surface area (Å²) >= 11 is 5.68. The number of methoxy groups -OCH3 is 1. The number of nitrogens with one attached hydrogen (secondary N) is 1. The Morgan fingerprint density at radius 3 is 2.50 bits per heavy atom. The van der Waals surface area contributed by atoms with Crippen molar-refractivity contribution >= 4 is 11.6 Å². The van der Waals surface area contributed by atoms with E-state index in [0.29, 0.717) is 11.9 Å². The minimum Gasteiger partial charge on any atom is -0.497 e. The fourth-order valence-corrected chi connectivity index (χ4v) is 1.20. The molecule has 0 radical (unpaired) electrons. The molecular weight excluding hydrogens is 198 g/mol. The lowest BCUT2D eigenvalue weighted by Gasteiger charge is -2.10. The van der Waals surface area contributed by atoms with Crippen molar-refractivity contribution in [1.82, 2.24) is 5.32 Å².